The third kappa shape index (κ3) is 2.07. The number of hydrogen-bond donors (Lipinski definition) is 2. The number of hydrogen-bond acceptors (Lipinski definition) is 5. The minimum Gasteiger partial charge on any atom is -0.369 e. The predicted octanol–water partition coefficient (Wildman–Crippen LogP) is 1.17. The third-order valence-electron chi connectivity index (χ3n) is 3.27. The quantitative estimate of drug-likeness (QED) is 0.848. The van der Waals surface area contributed by atoms with Crippen molar-refractivity contribution >= 4 is 17.6 Å². The minimum atomic E-state index is -0.284. The molecule has 1 fully saturated rings. The summed E-state index contributed by atoms with van der Waals surface area (Å²) in [6.45, 7) is 1.79. The Morgan fingerprint density at radius 2 is 1.89 bits per heavy atom. The van der Waals surface area contributed by atoms with Crippen LogP contribution in [0.15, 0.2) is 18.2 Å². The van der Waals surface area contributed by atoms with Gasteiger partial charge in [-0.05, 0) is 25.0 Å². The summed E-state index contributed by atoms with van der Waals surface area (Å²) in [6.07, 6.45) is 2.21. The van der Waals surface area contributed by atoms with E-state index in [1.54, 1.807) is 12.1 Å². The Kier molecular flexibility index (Phi) is 2.73. The van der Waals surface area contributed by atoms with Gasteiger partial charge in [-0.3, -0.25) is 0 Å². The van der Waals surface area contributed by atoms with E-state index in [1.807, 2.05) is 4.90 Å². The lowest BCUT2D eigenvalue weighted by Gasteiger charge is -2.18. The maximum Gasteiger partial charge on any atom is 0.241 e. The van der Waals surface area contributed by atoms with Crippen LogP contribution < -0.4 is 16.4 Å². The first-order chi connectivity index (χ1) is 9.15. The van der Waals surface area contributed by atoms with Gasteiger partial charge in [0.05, 0.1) is 11.4 Å². The highest BCUT2D eigenvalue weighted by molar-refractivity contribution is 5.54. The summed E-state index contributed by atoms with van der Waals surface area (Å²) < 4.78 is 15.5. The van der Waals surface area contributed by atoms with E-state index in [0.717, 1.165) is 25.9 Å². The first kappa shape index (κ1) is 11.8. The summed E-state index contributed by atoms with van der Waals surface area (Å²) in [5.74, 6) is -0.0692. The highest BCUT2D eigenvalue weighted by atomic mass is 19.1. The molecule has 0 amide bonds. The lowest BCUT2D eigenvalue weighted by atomic mass is 10.2. The van der Waals surface area contributed by atoms with E-state index in [1.165, 1.54) is 10.7 Å². The second kappa shape index (κ2) is 4.42. The standard InChI is InChI=1S/C12H15FN6/c13-9-7-8(19-12(15)16-11(14)17-19)3-4-10(9)18-5-1-2-6-18/h3-4,7H,1-2,5-6H2,(H4,14,15,16,17). The van der Waals surface area contributed by atoms with Crippen LogP contribution in [0, 0.1) is 5.82 Å². The average Bonchev–Trinajstić information content (AvgIpc) is 2.99. The van der Waals surface area contributed by atoms with Crippen molar-refractivity contribution in [1.29, 1.82) is 0 Å². The maximum absolute atomic E-state index is 14.2. The Morgan fingerprint density at radius 3 is 2.47 bits per heavy atom. The Hall–Kier alpha value is -2.31. The van der Waals surface area contributed by atoms with Gasteiger partial charge in [0.1, 0.15) is 5.82 Å². The van der Waals surface area contributed by atoms with Gasteiger partial charge in [0.25, 0.3) is 0 Å². The monoisotopic (exact) mass is 262 g/mol. The second-order valence-electron chi connectivity index (χ2n) is 4.57. The smallest absolute Gasteiger partial charge is 0.241 e. The molecule has 1 aliphatic rings. The van der Waals surface area contributed by atoms with E-state index in [-0.39, 0.29) is 17.7 Å². The fourth-order valence-electron chi connectivity index (χ4n) is 2.37. The number of halogens is 1. The Morgan fingerprint density at radius 1 is 1.16 bits per heavy atom. The maximum atomic E-state index is 14.2. The number of benzene rings is 1. The minimum absolute atomic E-state index is 0.0709. The summed E-state index contributed by atoms with van der Waals surface area (Å²) in [5, 5.41) is 3.93. The van der Waals surface area contributed by atoms with Gasteiger partial charge in [-0.15, -0.1) is 5.10 Å². The third-order valence-corrected chi connectivity index (χ3v) is 3.27. The molecule has 0 unspecified atom stereocenters. The Bertz CT molecular complexity index is 602. The molecule has 0 aliphatic carbocycles. The van der Waals surface area contributed by atoms with Crippen LogP contribution in [0.25, 0.3) is 5.69 Å². The van der Waals surface area contributed by atoms with E-state index in [2.05, 4.69) is 10.1 Å². The van der Waals surface area contributed by atoms with Crippen LogP contribution in [-0.2, 0) is 0 Å². The van der Waals surface area contributed by atoms with E-state index in [0.29, 0.717) is 11.4 Å². The molecular formula is C12H15FN6. The average molecular weight is 262 g/mol. The zero-order chi connectivity index (χ0) is 13.4. The van der Waals surface area contributed by atoms with Crippen molar-refractivity contribution in [2.45, 2.75) is 12.8 Å². The van der Waals surface area contributed by atoms with Crippen LogP contribution in [-0.4, -0.2) is 27.9 Å². The van der Waals surface area contributed by atoms with E-state index in [4.69, 9.17) is 11.5 Å². The number of rotatable bonds is 2. The number of nitrogens with zero attached hydrogens (tertiary/aromatic N) is 4. The van der Waals surface area contributed by atoms with E-state index in [9.17, 15) is 4.39 Å². The molecule has 0 radical (unpaired) electrons. The molecule has 1 saturated heterocycles. The number of anilines is 3. The van der Waals surface area contributed by atoms with Crippen molar-refractivity contribution in [2.24, 2.45) is 0 Å². The SMILES string of the molecule is Nc1nc(N)n(-c2ccc(N3CCCC3)c(F)c2)n1. The molecule has 1 aromatic heterocycles. The van der Waals surface area contributed by atoms with Crippen molar-refractivity contribution in [3.63, 3.8) is 0 Å². The molecule has 0 atom stereocenters. The van der Waals surface area contributed by atoms with Gasteiger partial charge < -0.3 is 16.4 Å². The molecule has 0 saturated carbocycles. The zero-order valence-electron chi connectivity index (χ0n) is 10.4. The predicted molar refractivity (Wildman–Crippen MR) is 71.6 cm³/mol. The molecular weight excluding hydrogens is 247 g/mol. The second-order valence-corrected chi connectivity index (χ2v) is 4.57. The molecule has 6 nitrogen and oxygen atoms in total. The van der Waals surface area contributed by atoms with Crippen LogP contribution >= 0.6 is 0 Å². The van der Waals surface area contributed by atoms with Gasteiger partial charge in [-0.25, -0.2) is 4.39 Å². The van der Waals surface area contributed by atoms with Gasteiger partial charge in [0, 0.05) is 19.2 Å². The highest BCUT2D eigenvalue weighted by Gasteiger charge is 2.17. The van der Waals surface area contributed by atoms with Crippen molar-refractivity contribution in [3.05, 3.63) is 24.0 Å². The van der Waals surface area contributed by atoms with Crippen LogP contribution in [0.3, 0.4) is 0 Å². The molecule has 1 aromatic carbocycles. The molecule has 4 N–H and O–H groups in total. The topological polar surface area (TPSA) is 86.0 Å². The molecule has 2 heterocycles. The summed E-state index contributed by atoms with van der Waals surface area (Å²) in [4.78, 5) is 5.83. The first-order valence-electron chi connectivity index (χ1n) is 6.18. The normalized spacial score (nSPS) is 15.1. The molecule has 19 heavy (non-hydrogen) atoms. The van der Waals surface area contributed by atoms with Crippen LogP contribution in [0.5, 0.6) is 0 Å². The van der Waals surface area contributed by atoms with Gasteiger partial charge in [0.15, 0.2) is 0 Å². The van der Waals surface area contributed by atoms with Crippen LogP contribution in [0.4, 0.5) is 22.0 Å². The molecule has 0 spiro atoms. The van der Waals surface area contributed by atoms with Gasteiger partial charge >= 0.3 is 0 Å². The van der Waals surface area contributed by atoms with Gasteiger partial charge in [0.2, 0.25) is 11.9 Å². The van der Waals surface area contributed by atoms with E-state index >= 15 is 0 Å². The number of aromatic nitrogens is 3. The largest absolute Gasteiger partial charge is 0.369 e. The molecule has 1 aliphatic heterocycles. The number of nitrogens with two attached hydrogens (primary N) is 2. The Labute approximate surface area is 109 Å². The molecule has 0 bridgehead atoms. The van der Waals surface area contributed by atoms with Gasteiger partial charge in [-0.2, -0.15) is 9.67 Å². The van der Waals surface area contributed by atoms with Crippen molar-refractivity contribution < 1.29 is 4.39 Å². The van der Waals surface area contributed by atoms with Gasteiger partial charge in [-0.1, -0.05) is 0 Å². The molecule has 2 aromatic rings. The molecule has 3 rings (SSSR count). The van der Waals surface area contributed by atoms with Crippen molar-refractivity contribution in [3.8, 4) is 5.69 Å². The summed E-state index contributed by atoms with van der Waals surface area (Å²) in [7, 11) is 0. The van der Waals surface area contributed by atoms with Crippen LogP contribution in [0.1, 0.15) is 12.8 Å². The summed E-state index contributed by atoms with van der Waals surface area (Å²) in [5.41, 5.74) is 12.3. The van der Waals surface area contributed by atoms with Crippen LogP contribution in [0.2, 0.25) is 0 Å². The Balaban J connectivity index is 1.97. The lowest BCUT2D eigenvalue weighted by molar-refractivity contribution is 0.621. The lowest BCUT2D eigenvalue weighted by Crippen LogP contribution is -2.19. The fraction of sp³-hybridized carbons (Fsp3) is 0.333. The van der Waals surface area contributed by atoms with Crippen molar-refractivity contribution in [1.82, 2.24) is 14.8 Å². The first-order valence-corrected chi connectivity index (χ1v) is 6.18. The van der Waals surface area contributed by atoms with Crippen molar-refractivity contribution in [2.75, 3.05) is 29.5 Å². The highest BCUT2D eigenvalue weighted by Crippen LogP contribution is 2.26. The fourth-order valence-corrected chi connectivity index (χ4v) is 2.37. The summed E-state index contributed by atoms with van der Waals surface area (Å²) >= 11 is 0. The van der Waals surface area contributed by atoms with E-state index < -0.39 is 0 Å². The molecule has 100 valence electrons. The number of nitrogen functional groups attached to an aromatic ring is 2. The summed E-state index contributed by atoms with van der Waals surface area (Å²) in [6, 6.07) is 4.91. The molecule has 7 heteroatoms. The zero-order valence-corrected chi connectivity index (χ0v) is 10.4.